The van der Waals surface area contributed by atoms with E-state index in [1.54, 1.807) is 24.3 Å². The number of nitrogens with one attached hydrogen (secondary N) is 1. The van der Waals surface area contributed by atoms with Crippen molar-refractivity contribution in [2.75, 3.05) is 18.6 Å². The molecule has 6 heteroatoms. The zero-order valence-corrected chi connectivity index (χ0v) is 11.0. The fraction of sp³-hybridized carbons (Fsp3) is 0.364. The van der Waals surface area contributed by atoms with E-state index in [-0.39, 0.29) is 18.2 Å². The van der Waals surface area contributed by atoms with E-state index in [0.717, 1.165) is 6.26 Å². The van der Waals surface area contributed by atoms with Gasteiger partial charge in [-0.2, -0.15) is 0 Å². The van der Waals surface area contributed by atoms with Crippen LogP contribution in [-0.4, -0.2) is 32.9 Å². The van der Waals surface area contributed by atoms with Gasteiger partial charge in [-0.15, -0.1) is 11.6 Å². The third kappa shape index (κ3) is 5.19. The fourth-order valence-corrected chi connectivity index (χ4v) is 1.92. The summed E-state index contributed by atoms with van der Waals surface area (Å²) in [5.41, 5.74) is 0.686. The highest BCUT2D eigenvalue weighted by molar-refractivity contribution is 7.90. The van der Waals surface area contributed by atoms with E-state index in [0.29, 0.717) is 5.56 Å². The van der Waals surface area contributed by atoms with Gasteiger partial charge in [-0.3, -0.25) is 4.79 Å². The number of amides is 1. The molecule has 0 spiro atoms. The highest BCUT2D eigenvalue weighted by atomic mass is 35.5. The smallest absolute Gasteiger partial charge is 0.242 e. The molecule has 4 nitrogen and oxygen atoms in total. The molecular formula is C11H14ClNO3S. The van der Waals surface area contributed by atoms with E-state index in [1.807, 2.05) is 6.07 Å². The number of hydrogen-bond donors (Lipinski definition) is 1. The van der Waals surface area contributed by atoms with Gasteiger partial charge < -0.3 is 5.32 Å². The molecule has 1 atom stereocenters. The Morgan fingerprint density at radius 2 is 1.94 bits per heavy atom. The van der Waals surface area contributed by atoms with Crippen molar-refractivity contribution in [2.24, 2.45) is 0 Å². The minimum Gasteiger partial charge on any atom is -0.354 e. The number of rotatable bonds is 5. The maximum Gasteiger partial charge on any atom is 0.242 e. The average molecular weight is 276 g/mol. The van der Waals surface area contributed by atoms with Crippen LogP contribution < -0.4 is 5.32 Å². The predicted molar refractivity (Wildman–Crippen MR) is 67.8 cm³/mol. The van der Waals surface area contributed by atoms with Gasteiger partial charge in [0.2, 0.25) is 5.91 Å². The second kappa shape index (κ2) is 6.02. The van der Waals surface area contributed by atoms with Crippen LogP contribution in [0, 0.1) is 0 Å². The topological polar surface area (TPSA) is 63.2 Å². The van der Waals surface area contributed by atoms with Crippen LogP contribution in [0.1, 0.15) is 10.9 Å². The van der Waals surface area contributed by atoms with Crippen molar-refractivity contribution < 1.29 is 13.2 Å². The van der Waals surface area contributed by atoms with E-state index in [4.69, 9.17) is 11.6 Å². The minimum absolute atomic E-state index is 0.0771. The van der Waals surface area contributed by atoms with Gasteiger partial charge in [-0.1, -0.05) is 30.3 Å². The Morgan fingerprint density at radius 3 is 2.47 bits per heavy atom. The van der Waals surface area contributed by atoms with Crippen molar-refractivity contribution in [3.8, 4) is 0 Å². The van der Waals surface area contributed by atoms with Crippen LogP contribution in [0.2, 0.25) is 0 Å². The van der Waals surface area contributed by atoms with Crippen LogP contribution >= 0.6 is 11.6 Å². The van der Waals surface area contributed by atoms with E-state index >= 15 is 0 Å². The van der Waals surface area contributed by atoms with Gasteiger partial charge in [0.05, 0.1) is 5.75 Å². The third-order valence-corrected chi connectivity index (χ3v) is 3.49. The number of alkyl halides is 1. The summed E-state index contributed by atoms with van der Waals surface area (Å²) >= 11 is 5.95. The molecule has 1 amide bonds. The van der Waals surface area contributed by atoms with Crippen molar-refractivity contribution in [1.82, 2.24) is 5.32 Å². The quantitative estimate of drug-likeness (QED) is 0.820. The van der Waals surface area contributed by atoms with Crippen molar-refractivity contribution in [3.05, 3.63) is 35.9 Å². The lowest BCUT2D eigenvalue weighted by atomic mass is 10.1. The fourth-order valence-electron chi connectivity index (χ4n) is 1.22. The van der Waals surface area contributed by atoms with Crippen LogP contribution in [0.4, 0.5) is 0 Å². The zero-order valence-electron chi connectivity index (χ0n) is 9.39. The molecule has 94 valence electrons. The van der Waals surface area contributed by atoms with Gasteiger partial charge in [0.15, 0.2) is 0 Å². The molecule has 0 radical (unpaired) electrons. The monoisotopic (exact) mass is 275 g/mol. The summed E-state index contributed by atoms with van der Waals surface area (Å²) in [6.45, 7) is 0.0771. The van der Waals surface area contributed by atoms with E-state index in [2.05, 4.69) is 5.32 Å². The summed E-state index contributed by atoms with van der Waals surface area (Å²) in [4.78, 5) is 11.6. The lowest BCUT2D eigenvalue weighted by molar-refractivity contribution is -0.120. The van der Waals surface area contributed by atoms with E-state index in [9.17, 15) is 13.2 Å². The number of hydrogen-bond acceptors (Lipinski definition) is 3. The summed E-state index contributed by atoms with van der Waals surface area (Å²) in [5, 5.41) is 1.69. The molecule has 1 aromatic rings. The zero-order chi connectivity index (χ0) is 12.9. The normalized spacial score (nSPS) is 13.1. The van der Waals surface area contributed by atoms with Gasteiger partial charge >= 0.3 is 0 Å². The molecule has 0 aliphatic carbocycles. The van der Waals surface area contributed by atoms with Gasteiger partial charge in [-0.05, 0) is 5.56 Å². The SMILES string of the molecule is CS(=O)(=O)CCNC(=O)C(Cl)c1ccccc1. The molecule has 0 bridgehead atoms. The average Bonchev–Trinajstić information content (AvgIpc) is 2.27. The van der Waals surface area contributed by atoms with Crippen molar-refractivity contribution in [2.45, 2.75) is 5.38 Å². The maximum atomic E-state index is 11.6. The van der Waals surface area contributed by atoms with Crippen molar-refractivity contribution >= 4 is 27.3 Å². The highest BCUT2D eigenvalue weighted by Crippen LogP contribution is 2.19. The van der Waals surface area contributed by atoms with Crippen molar-refractivity contribution in [1.29, 1.82) is 0 Å². The molecular weight excluding hydrogens is 262 g/mol. The Balaban J connectivity index is 2.49. The van der Waals surface area contributed by atoms with Crippen LogP contribution in [0.5, 0.6) is 0 Å². The van der Waals surface area contributed by atoms with Gasteiger partial charge in [0.1, 0.15) is 15.2 Å². The maximum absolute atomic E-state index is 11.6. The first kappa shape index (κ1) is 14.0. The van der Waals surface area contributed by atoms with Gasteiger partial charge in [0, 0.05) is 12.8 Å². The van der Waals surface area contributed by atoms with Crippen LogP contribution in [0.25, 0.3) is 0 Å². The first-order chi connectivity index (χ1) is 7.90. The Morgan fingerprint density at radius 1 is 1.35 bits per heavy atom. The standard InChI is InChI=1S/C11H14ClNO3S/c1-17(15,16)8-7-13-11(14)10(12)9-5-3-2-4-6-9/h2-6,10H,7-8H2,1H3,(H,13,14). The number of benzene rings is 1. The summed E-state index contributed by atoms with van der Waals surface area (Å²) in [6, 6.07) is 8.89. The lowest BCUT2D eigenvalue weighted by Crippen LogP contribution is -2.31. The number of carbonyl (C=O) groups excluding carboxylic acids is 1. The minimum atomic E-state index is -3.07. The van der Waals surface area contributed by atoms with Crippen molar-refractivity contribution in [3.63, 3.8) is 0 Å². The largest absolute Gasteiger partial charge is 0.354 e. The molecule has 1 unspecified atom stereocenters. The highest BCUT2D eigenvalue weighted by Gasteiger charge is 2.17. The number of halogens is 1. The van der Waals surface area contributed by atoms with Crippen LogP contribution in [0.15, 0.2) is 30.3 Å². The molecule has 0 aromatic heterocycles. The lowest BCUT2D eigenvalue weighted by Gasteiger charge is -2.10. The molecule has 1 aromatic carbocycles. The molecule has 0 saturated heterocycles. The molecule has 1 N–H and O–H groups in total. The summed E-state index contributed by atoms with van der Waals surface area (Å²) in [6.07, 6.45) is 1.12. The Bertz CT molecular complexity index is 473. The summed E-state index contributed by atoms with van der Waals surface area (Å²) < 4.78 is 21.7. The van der Waals surface area contributed by atoms with E-state index in [1.165, 1.54) is 0 Å². The third-order valence-electron chi connectivity index (χ3n) is 2.09. The Hall–Kier alpha value is -1.07. The van der Waals surface area contributed by atoms with Crippen LogP contribution in [-0.2, 0) is 14.6 Å². The molecule has 0 aliphatic heterocycles. The molecule has 0 saturated carbocycles. The second-order valence-electron chi connectivity index (χ2n) is 3.69. The summed E-state index contributed by atoms with van der Waals surface area (Å²) in [7, 11) is -3.07. The predicted octanol–water partition coefficient (Wildman–Crippen LogP) is 1.13. The molecule has 0 heterocycles. The molecule has 0 fully saturated rings. The van der Waals surface area contributed by atoms with E-state index < -0.39 is 15.2 Å². The van der Waals surface area contributed by atoms with Gasteiger partial charge in [-0.25, -0.2) is 8.42 Å². The first-order valence-electron chi connectivity index (χ1n) is 5.04. The van der Waals surface area contributed by atoms with Crippen LogP contribution in [0.3, 0.4) is 0 Å². The van der Waals surface area contributed by atoms with Gasteiger partial charge in [0.25, 0.3) is 0 Å². The number of sulfone groups is 1. The molecule has 0 aliphatic rings. The molecule has 1 rings (SSSR count). The second-order valence-corrected chi connectivity index (χ2v) is 6.39. The number of carbonyl (C=O) groups is 1. The summed E-state index contributed by atoms with van der Waals surface area (Å²) in [5.74, 6) is -0.474. The first-order valence-corrected chi connectivity index (χ1v) is 7.54. The Labute approximate surface area is 106 Å². The Kier molecular flexibility index (Phi) is 4.96. The molecule has 17 heavy (non-hydrogen) atoms.